The van der Waals surface area contributed by atoms with Crippen molar-refractivity contribution >= 4 is 59.1 Å². The number of hydrogen-bond donors (Lipinski definition) is 0. The van der Waals surface area contributed by atoms with Crippen molar-refractivity contribution in [2.45, 2.75) is 147 Å². The first kappa shape index (κ1) is 75.5. The predicted octanol–water partition coefficient (Wildman–Crippen LogP) is 7.95. The van der Waals surface area contributed by atoms with E-state index in [0.717, 1.165) is 67.6 Å². The number of fused-ring (bicyclic) bond motifs is 2. The minimum absolute atomic E-state index is 0.0498. The highest BCUT2D eigenvalue weighted by Gasteiger charge is 2.32. The summed E-state index contributed by atoms with van der Waals surface area (Å²) in [7, 11) is 18.5. The molecule has 3 aromatic carbocycles. The Morgan fingerprint density at radius 2 is 0.733 bits per heavy atom. The number of rotatable bonds is 1. The van der Waals surface area contributed by atoms with Crippen LogP contribution in [-0.2, 0) is 40.0 Å². The van der Waals surface area contributed by atoms with Crippen molar-refractivity contribution in [3.05, 3.63) is 107 Å². The van der Waals surface area contributed by atoms with E-state index in [-0.39, 0.29) is 47.3 Å². The van der Waals surface area contributed by atoms with Gasteiger partial charge in [-0.05, 0) is 187 Å². The molecule has 20 heteroatoms. The van der Waals surface area contributed by atoms with E-state index in [1.54, 1.807) is 46.2 Å². The van der Waals surface area contributed by atoms with Crippen LogP contribution in [0.4, 0.5) is 0 Å². The topological polar surface area (TPSA) is 203 Å². The fraction of sp³-hybridized carbons (Fsp3) is 0.600. The number of likely N-dealkylation sites (N-methyl/N-ethyl adjacent to an activating group) is 2. The molecule has 0 aromatic heterocycles. The molecule has 13 rings (SSSR count). The van der Waals surface area contributed by atoms with Crippen LogP contribution in [0.5, 0.6) is 0 Å². The highest BCUT2D eigenvalue weighted by molar-refractivity contribution is 6.21. The summed E-state index contributed by atoms with van der Waals surface area (Å²) in [5.41, 5.74) is 3.99. The van der Waals surface area contributed by atoms with Crippen LogP contribution < -0.4 is 0 Å². The van der Waals surface area contributed by atoms with Crippen LogP contribution in [-0.4, -0.2) is 243 Å². The molecule has 0 N–H and O–H groups in total. The lowest BCUT2D eigenvalue weighted by molar-refractivity contribution is -0.146. The third-order valence-corrected chi connectivity index (χ3v) is 17.7. The zero-order valence-electron chi connectivity index (χ0n) is 56.2. The first-order valence-corrected chi connectivity index (χ1v) is 32.6. The van der Waals surface area contributed by atoms with Crippen molar-refractivity contribution in [1.29, 1.82) is 0 Å². The van der Waals surface area contributed by atoms with E-state index in [0.29, 0.717) is 60.6 Å². The molecule has 90 heavy (non-hydrogen) atoms. The van der Waals surface area contributed by atoms with E-state index in [9.17, 15) is 47.9 Å². The summed E-state index contributed by atoms with van der Waals surface area (Å²) in [6.45, 7) is 13.3. The molecule has 3 aromatic rings. The molecule has 0 bridgehead atoms. The predicted molar refractivity (Wildman–Crippen MR) is 352 cm³/mol. The Balaban J connectivity index is 0.000000216. The highest BCUT2D eigenvalue weighted by Crippen LogP contribution is 2.26. The summed E-state index contributed by atoms with van der Waals surface area (Å²) in [6.07, 6.45) is 20.4. The zero-order valence-corrected chi connectivity index (χ0v) is 56.2. The van der Waals surface area contributed by atoms with Gasteiger partial charge in [0.15, 0.2) is 0 Å². The maximum absolute atomic E-state index is 11.5. The molecule has 10 aliphatic heterocycles. The number of piperidine rings is 4. The molecule has 20 nitrogen and oxygen atoms in total. The summed E-state index contributed by atoms with van der Waals surface area (Å²) < 4.78 is 0. The third kappa shape index (κ3) is 25.7. The average Bonchev–Trinajstić information content (AvgIpc) is 1.68. The van der Waals surface area contributed by atoms with E-state index in [2.05, 4.69) is 85.0 Å². The first-order chi connectivity index (χ1) is 42.9. The van der Waals surface area contributed by atoms with E-state index >= 15 is 0 Å². The maximum atomic E-state index is 11.5. The number of carbonyl (C=O) groups is 10. The van der Waals surface area contributed by atoms with Gasteiger partial charge in [0, 0.05) is 112 Å². The summed E-state index contributed by atoms with van der Waals surface area (Å²) >= 11 is 0. The lowest BCUT2D eigenvalue weighted by Gasteiger charge is -2.29. The molecule has 2 atom stereocenters. The molecule has 0 spiro atoms. The van der Waals surface area contributed by atoms with Crippen molar-refractivity contribution in [3.63, 3.8) is 0 Å². The monoisotopic (exact) mass is 1250 g/mol. The number of nitrogens with zero attached hydrogens (tertiary/aromatic N) is 10. The van der Waals surface area contributed by atoms with Gasteiger partial charge in [-0.1, -0.05) is 67.1 Å². The van der Waals surface area contributed by atoms with Gasteiger partial charge in [0.1, 0.15) is 0 Å². The molecule has 10 aliphatic rings. The second-order valence-corrected chi connectivity index (χ2v) is 24.9. The van der Waals surface area contributed by atoms with Crippen LogP contribution in [0.25, 0.3) is 0 Å². The molecule has 8 saturated heterocycles. The fourth-order valence-corrected chi connectivity index (χ4v) is 11.2. The van der Waals surface area contributed by atoms with Crippen LogP contribution in [0.1, 0.15) is 177 Å². The third-order valence-electron chi connectivity index (χ3n) is 17.7. The molecule has 496 valence electrons. The minimum Gasteiger partial charge on any atom is -0.346 e. The second kappa shape index (κ2) is 40.0. The molecular formula is C70H106N10O10. The van der Waals surface area contributed by atoms with Crippen LogP contribution in [0.15, 0.2) is 78.9 Å². The van der Waals surface area contributed by atoms with Gasteiger partial charge in [0.2, 0.25) is 41.4 Å². The molecule has 10 heterocycles. The van der Waals surface area contributed by atoms with Gasteiger partial charge in [-0.3, -0.25) is 67.5 Å². The van der Waals surface area contributed by atoms with Gasteiger partial charge in [-0.2, -0.15) is 0 Å². The Hall–Kier alpha value is -7.00. The lowest BCUT2D eigenvalue weighted by Crippen LogP contribution is -2.39. The number of likely N-dealkylation sites (tertiary alicyclic amines) is 8. The quantitative estimate of drug-likeness (QED) is 0.212. The molecule has 0 saturated carbocycles. The van der Waals surface area contributed by atoms with Gasteiger partial charge in [-0.25, -0.2) is 0 Å². The van der Waals surface area contributed by atoms with Crippen LogP contribution in [0.3, 0.4) is 0 Å². The second-order valence-electron chi connectivity index (χ2n) is 24.9. The van der Waals surface area contributed by atoms with Crippen LogP contribution in [0, 0.1) is 0 Å². The van der Waals surface area contributed by atoms with E-state index in [1.165, 1.54) is 158 Å². The number of carbonyl (C=O) groups excluding carboxylic acids is 10. The van der Waals surface area contributed by atoms with Crippen molar-refractivity contribution < 1.29 is 47.9 Å². The zero-order chi connectivity index (χ0) is 66.3. The SMILES string of the molecule is CC1CCCN1C.CN1C(=O)CCC1=O.CN1C(=O)CCCC1=O.CN1C(=O)Cc2ccccc2C1=O.CN1C(=O)c2ccccc2C1=O.CN1CCCC(c2ccccc2)C1.CN1CCCC1.CN1CCCC1=O.CN1CCCCC1.CN1CCCCC1=O. The van der Waals surface area contributed by atoms with Gasteiger partial charge in [0.25, 0.3) is 17.7 Å². The molecule has 8 fully saturated rings. The molecule has 0 radical (unpaired) electrons. The number of benzene rings is 3. The van der Waals surface area contributed by atoms with E-state index in [4.69, 9.17) is 0 Å². The Morgan fingerprint density at radius 1 is 0.322 bits per heavy atom. The maximum Gasteiger partial charge on any atom is 0.261 e. The van der Waals surface area contributed by atoms with Crippen LogP contribution >= 0.6 is 0 Å². The lowest BCUT2D eigenvalue weighted by atomic mass is 9.91. The Morgan fingerprint density at radius 3 is 1.11 bits per heavy atom. The normalized spacial score (nSPS) is 21.7. The number of amides is 10. The van der Waals surface area contributed by atoms with Gasteiger partial charge >= 0.3 is 0 Å². The fourth-order valence-electron chi connectivity index (χ4n) is 11.2. The Kier molecular flexibility index (Phi) is 33.5. The van der Waals surface area contributed by atoms with Crippen molar-refractivity contribution in [1.82, 2.24) is 49.0 Å². The van der Waals surface area contributed by atoms with E-state index in [1.807, 2.05) is 26.2 Å². The summed E-state index contributed by atoms with van der Waals surface area (Å²) in [4.78, 5) is 127. The van der Waals surface area contributed by atoms with Gasteiger partial charge in [0.05, 0.1) is 17.5 Å². The van der Waals surface area contributed by atoms with E-state index < -0.39 is 0 Å². The number of hydrogen-bond acceptors (Lipinski definition) is 14. The summed E-state index contributed by atoms with van der Waals surface area (Å²) in [5.74, 6) is 0.375. The van der Waals surface area contributed by atoms with Gasteiger partial charge < -0.3 is 29.4 Å². The summed E-state index contributed by atoms with van der Waals surface area (Å²) in [6, 6.07) is 25.8. The Labute approximate surface area is 537 Å². The van der Waals surface area contributed by atoms with Crippen LogP contribution in [0.2, 0.25) is 0 Å². The van der Waals surface area contributed by atoms with Gasteiger partial charge in [-0.15, -0.1) is 0 Å². The minimum atomic E-state index is -0.212. The highest BCUT2D eigenvalue weighted by atomic mass is 16.2. The smallest absolute Gasteiger partial charge is 0.261 e. The van der Waals surface area contributed by atoms with Crippen molar-refractivity contribution in [2.75, 3.05) is 129 Å². The van der Waals surface area contributed by atoms with Crippen molar-refractivity contribution in [3.8, 4) is 0 Å². The average molecular weight is 1250 g/mol. The largest absolute Gasteiger partial charge is 0.346 e. The Bertz CT molecular complexity index is 2730. The summed E-state index contributed by atoms with van der Waals surface area (Å²) in [5, 5.41) is 0. The number of imide groups is 4. The molecular weight excluding hydrogens is 1140 g/mol. The first-order valence-electron chi connectivity index (χ1n) is 32.6. The molecule has 0 aliphatic carbocycles. The molecule has 2 unspecified atom stereocenters. The molecule has 10 amide bonds. The van der Waals surface area contributed by atoms with Crippen molar-refractivity contribution in [2.24, 2.45) is 0 Å². The standard InChI is InChI=1S/C12H17N.C10H9NO2.C9H7NO2.C6H9NO2.C6H11NO.2C6H13N.C5H7NO2.C5H9NO.C5H11N/c1-13-9-5-8-12(10-13)11-6-3-2-4-7-11;1-11-9(12)6-7-4-2-3-5-8(7)10(11)13;1-10-8(11)6-4-2-3-5-7(6)9(10)12;1-7-5(8)3-2-4-6(7)9;1-7-5-3-2-4-6(7)8;1-6-4-3-5-7(6)2;1-7-5-3-2-4-6-7;1-6-4(7)2-3-5(6)8;1-6-4-2-3-5(6)7;1-6-4-2-3-5-6/h2-4,6-7,12H,5,8-10H2,1H3;2-5H,6H2,1H3;2-5H,1H3;2-4H2,1H3;2-5H2,1H3;6H,3-5H2,1-2H3;2-6H2,1H3;2-3H2,1H3;2-4H2,1H3;2-5H2,1H3.